The summed E-state index contributed by atoms with van der Waals surface area (Å²) in [6.07, 6.45) is 0. The molecule has 0 aliphatic carbocycles. The van der Waals surface area contributed by atoms with Crippen LogP contribution in [-0.4, -0.2) is 7.11 Å². The Morgan fingerprint density at radius 2 is 1.93 bits per heavy atom. The van der Waals surface area contributed by atoms with Crippen molar-refractivity contribution >= 4 is 45.0 Å². The van der Waals surface area contributed by atoms with Gasteiger partial charge in [0.2, 0.25) is 0 Å². The fraction of sp³-hybridized carbons (Fsp3) is 0.0909. The largest absolute Gasteiger partial charge is 0.497 e. The third-order valence-electron chi connectivity index (χ3n) is 2.09. The molecule has 0 aromatic heterocycles. The Morgan fingerprint density at radius 1 is 1.14 bits per heavy atom. The Labute approximate surface area is 101 Å². The first-order valence-electron chi connectivity index (χ1n) is 4.13. The number of hydrogen-bond donors (Lipinski definition) is 0. The average molecular weight is 319 g/mol. The Morgan fingerprint density at radius 3 is 2.64 bits per heavy atom. The normalized spacial score (nSPS) is 10.5. The van der Waals surface area contributed by atoms with Gasteiger partial charge in [0.05, 0.1) is 12.1 Å². The number of ether oxygens (including phenoxy) is 1. The molecular weight excluding hydrogens is 310 g/mol. The average Bonchev–Trinajstić information content (AvgIpc) is 2.19. The van der Waals surface area contributed by atoms with E-state index in [1.165, 1.54) is 5.39 Å². The first-order chi connectivity index (χ1) is 6.70. The molecule has 0 aliphatic heterocycles. The van der Waals surface area contributed by atoms with Gasteiger partial charge in [0, 0.05) is 3.57 Å². The summed E-state index contributed by atoms with van der Waals surface area (Å²) >= 11 is 8.26. The van der Waals surface area contributed by atoms with Gasteiger partial charge in [-0.2, -0.15) is 0 Å². The molecule has 0 spiro atoms. The van der Waals surface area contributed by atoms with Crippen LogP contribution in [0.15, 0.2) is 30.3 Å². The van der Waals surface area contributed by atoms with Gasteiger partial charge in [-0.3, -0.25) is 0 Å². The van der Waals surface area contributed by atoms with Gasteiger partial charge < -0.3 is 4.74 Å². The number of halogens is 2. The Hall–Kier alpha value is -0.480. The fourth-order valence-electron chi connectivity index (χ4n) is 1.35. The minimum absolute atomic E-state index is 0.784. The molecule has 0 aliphatic rings. The monoisotopic (exact) mass is 318 g/mol. The highest BCUT2D eigenvalue weighted by Crippen LogP contribution is 2.27. The van der Waals surface area contributed by atoms with Crippen molar-refractivity contribution in [3.05, 3.63) is 38.9 Å². The molecule has 0 atom stereocenters. The first kappa shape index (κ1) is 10.1. The lowest BCUT2D eigenvalue weighted by atomic mass is 10.1. The second-order valence-electron chi connectivity index (χ2n) is 2.98. The molecule has 72 valence electrons. The van der Waals surface area contributed by atoms with Gasteiger partial charge in [-0.1, -0.05) is 17.7 Å². The van der Waals surface area contributed by atoms with Crippen LogP contribution in [0, 0.1) is 3.57 Å². The van der Waals surface area contributed by atoms with Crippen molar-refractivity contribution in [2.45, 2.75) is 0 Å². The van der Waals surface area contributed by atoms with Crippen LogP contribution in [0.2, 0.25) is 5.02 Å². The topological polar surface area (TPSA) is 9.23 Å². The van der Waals surface area contributed by atoms with Crippen LogP contribution >= 0.6 is 34.2 Å². The van der Waals surface area contributed by atoms with Crippen LogP contribution in [-0.2, 0) is 0 Å². The summed E-state index contributed by atoms with van der Waals surface area (Å²) in [7, 11) is 1.66. The Balaban J connectivity index is 2.70. The molecule has 0 saturated heterocycles. The Kier molecular flexibility index (Phi) is 2.83. The molecule has 0 unspecified atom stereocenters. The highest BCUT2D eigenvalue weighted by atomic mass is 127. The van der Waals surface area contributed by atoms with E-state index in [2.05, 4.69) is 28.7 Å². The summed E-state index contributed by atoms with van der Waals surface area (Å²) in [5.41, 5.74) is 0. The van der Waals surface area contributed by atoms with E-state index < -0.39 is 0 Å². The van der Waals surface area contributed by atoms with E-state index in [1.54, 1.807) is 7.11 Å². The van der Waals surface area contributed by atoms with Crippen LogP contribution in [0.25, 0.3) is 10.8 Å². The van der Waals surface area contributed by atoms with E-state index in [9.17, 15) is 0 Å². The third-order valence-corrected chi connectivity index (χ3v) is 3.61. The lowest BCUT2D eigenvalue weighted by molar-refractivity contribution is 0.415. The van der Waals surface area contributed by atoms with E-state index in [-0.39, 0.29) is 0 Å². The quantitative estimate of drug-likeness (QED) is 0.719. The zero-order valence-electron chi connectivity index (χ0n) is 7.55. The number of hydrogen-bond acceptors (Lipinski definition) is 1. The van der Waals surface area contributed by atoms with Crippen LogP contribution < -0.4 is 4.74 Å². The third kappa shape index (κ3) is 1.81. The lowest BCUT2D eigenvalue weighted by Crippen LogP contribution is -1.83. The number of fused-ring (bicyclic) bond motifs is 1. The maximum Gasteiger partial charge on any atom is 0.119 e. The molecule has 0 heterocycles. The summed E-state index contributed by atoms with van der Waals surface area (Å²) in [5.74, 6) is 0.856. The maximum absolute atomic E-state index is 6.03. The van der Waals surface area contributed by atoms with E-state index >= 15 is 0 Å². The minimum atomic E-state index is 0.784. The molecule has 0 N–H and O–H groups in total. The molecule has 2 rings (SSSR count). The summed E-state index contributed by atoms with van der Waals surface area (Å²) in [5, 5.41) is 3.07. The molecule has 0 bridgehead atoms. The van der Waals surface area contributed by atoms with Crippen molar-refractivity contribution in [2.24, 2.45) is 0 Å². The standard InChI is InChI=1S/C11H8ClIO/c1-14-9-3-2-7-6-11(13)10(12)5-8(7)4-9/h2-6H,1H3. The fourth-order valence-corrected chi connectivity index (χ4v) is 2.01. The molecule has 0 radical (unpaired) electrons. The number of methoxy groups -OCH3 is 1. The molecule has 3 heteroatoms. The second kappa shape index (κ2) is 3.95. The van der Waals surface area contributed by atoms with Gasteiger partial charge in [-0.25, -0.2) is 0 Å². The van der Waals surface area contributed by atoms with Crippen molar-refractivity contribution in [1.29, 1.82) is 0 Å². The van der Waals surface area contributed by atoms with Gasteiger partial charge in [0.1, 0.15) is 5.75 Å². The molecule has 0 amide bonds. The highest BCUT2D eigenvalue weighted by Gasteiger charge is 2.01. The lowest BCUT2D eigenvalue weighted by Gasteiger charge is -2.04. The van der Waals surface area contributed by atoms with E-state index in [4.69, 9.17) is 16.3 Å². The summed E-state index contributed by atoms with van der Waals surface area (Å²) in [4.78, 5) is 0. The molecule has 1 nitrogen and oxygen atoms in total. The maximum atomic E-state index is 6.03. The van der Waals surface area contributed by atoms with Crippen LogP contribution in [0.5, 0.6) is 5.75 Å². The van der Waals surface area contributed by atoms with Crippen molar-refractivity contribution < 1.29 is 4.74 Å². The smallest absolute Gasteiger partial charge is 0.119 e. The predicted molar refractivity (Wildman–Crippen MR) is 68.2 cm³/mol. The van der Waals surface area contributed by atoms with Gasteiger partial charge in [0.25, 0.3) is 0 Å². The van der Waals surface area contributed by atoms with Crippen LogP contribution in [0.3, 0.4) is 0 Å². The van der Waals surface area contributed by atoms with E-state index in [0.29, 0.717) is 0 Å². The van der Waals surface area contributed by atoms with Gasteiger partial charge in [-0.05, 0) is 57.6 Å². The zero-order chi connectivity index (χ0) is 10.1. The highest BCUT2D eigenvalue weighted by molar-refractivity contribution is 14.1. The van der Waals surface area contributed by atoms with Gasteiger partial charge in [-0.15, -0.1) is 0 Å². The van der Waals surface area contributed by atoms with Crippen molar-refractivity contribution in [3.8, 4) is 5.75 Å². The van der Waals surface area contributed by atoms with Crippen molar-refractivity contribution in [3.63, 3.8) is 0 Å². The number of benzene rings is 2. The van der Waals surface area contributed by atoms with Gasteiger partial charge >= 0.3 is 0 Å². The van der Waals surface area contributed by atoms with E-state index in [1.807, 2.05) is 24.3 Å². The van der Waals surface area contributed by atoms with Crippen LogP contribution in [0.4, 0.5) is 0 Å². The van der Waals surface area contributed by atoms with Crippen LogP contribution in [0.1, 0.15) is 0 Å². The number of rotatable bonds is 1. The SMILES string of the molecule is COc1ccc2cc(I)c(Cl)cc2c1. The summed E-state index contributed by atoms with van der Waals surface area (Å²) < 4.78 is 6.22. The van der Waals surface area contributed by atoms with E-state index in [0.717, 1.165) is 19.7 Å². The van der Waals surface area contributed by atoms with Crippen molar-refractivity contribution in [1.82, 2.24) is 0 Å². The molecule has 2 aromatic carbocycles. The summed E-state index contributed by atoms with van der Waals surface area (Å²) in [6.45, 7) is 0. The van der Waals surface area contributed by atoms with Crippen molar-refractivity contribution in [2.75, 3.05) is 7.11 Å². The molecule has 2 aromatic rings. The Bertz CT molecular complexity index is 482. The minimum Gasteiger partial charge on any atom is -0.497 e. The molecule has 14 heavy (non-hydrogen) atoms. The summed E-state index contributed by atoms with van der Waals surface area (Å²) in [6, 6.07) is 10.00. The molecular formula is C11H8ClIO. The predicted octanol–water partition coefficient (Wildman–Crippen LogP) is 4.11. The second-order valence-corrected chi connectivity index (χ2v) is 4.55. The first-order valence-corrected chi connectivity index (χ1v) is 5.59. The zero-order valence-corrected chi connectivity index (χ0v) is 10.5. The van der Waals surface area contributed by atoms with Gasteiger partial charge in [0.15, 0.2) is 0 Å². The molecule has 0 saturated carbocycles. The molecule has 0 fully saturated rings.